The Morgan fingerprint density at radius 2 is 1.50 bits per heavy atom. The standard InChI is InChI=1S/C29H27NO4/c1-21-27(29(32)33-2)25(28(31)30(21)18-17-22-11-5-3-6-12-22)19-24-15-9-10-16-26(24)34-20-23-13-7-4-8-14-23/h3-16,19H,17-18,20H2,1-2H3/b25-19-. The smallest absolute Gasteiger partial charge is 0.340 e. The number of hydrogen-bond acceptors (Lipinski definition) is 4. The topological polar surface area (TPSA) is 55.8 Å². The van der Waals surface area contributed by atoms with Crippen LogP contribution >= 0.6 is 0 Å². The first-order chi connectivity index (χ1) is 16.6. The Morgan fingerprint density at radius 3 is 2.18 bits per heavy atom. The van der Waals surface area contributed by atoms with Crippen LogP contribution in [0, 0.1) is 0 Å². The molecule has 0 aliphatic carbocycles. The summed E-state index contributed by atoms with van der Waals surface area (Å²) in [6.07, 6.45) is 2.41. The highest BCUT2D eigenvalue weighted by Gasteiger charge is 2.36. The normalized spacial score (nSPS) is 14.6. The fraction of sp³-hybridized carbons (Fsp3) is 0.172. The number of esters is 1. The lowest BCUT2D eigenvalue weighted by atomic mass is 10.0. The van der Waals surface area contributed by atoms with Gasteiger partial charge in [0.05, 0.1) is 18.3 Å². The van der Waals surface area contributed by atoms with Crippen molar-refractivity contribution in [3.05, 3.63) is 118 Å². The number of rotatable bonds is 8. The van der Waals surface area contributed by atoms with E-state index in [1.807, 2.05) is 84.9 Å². The van der Waals surface area contributed by atoms with Crippen molar-refractivity contribution in [3.8, 4) is 5.75 Å². The summed E-state index contributed by atoms with van der Waals surface area (Å²) in [6.45, 7) is 2.66. The number of allylic oxidation sites excluding steroid dienone is 1. The summed E-state index contributed by atoms with van der Waals surface area (Å²) in [7, 11) is 1.33. The van der Waals surface area contributed by atoms with Crippen molar-refractivity contribution < 1.29 is 19.1 Å². The number of nitrogens with zero attached hydrogens (tertiary/aromatic N) is 1. The summed E-state index contributed by atoms with van der Waals surface area (Å²) in [5, 5.41) is 0. The molecule has 0 unspecified atom stereocenters. The summed E-state index contributed by atoms with van der Waals surface area (Å²) < 4.78 is 11.1. The Morgan fingerprint density at radius 1 is 0.882 bits per heavy atom. The molecule has 0 saturated heterocycles. The molecule has 1 heterocycles. The maximum absolute atomic E-state index is 13.4. The first-order valence-electron chi connectivity index (χ1n) is 11.2. The van der Waals surface area contributed by atoms with Gasteiger partial charge in [0, 0.05) is 17.8 Å². The van der Waals surface area contributed by atoms with Crippen LogP contribution < -0.4 is 4.74 Å². The van der Waals surface area contributed by atoms with E-state index in [0.717, 1.165) is 16.7 Å². The lowest BCUT2D eigenvalue weighted by molar-refractivity contribution is -0.136. The van der Waals surface area contributed by atoms with Gasteiger partial charge in [0.1, 0.15) is 12.4 Å². The van der Waals surface area contributed by atoms with Crippen LogP contribution in [0.2, 0.25) is 0 Å². The predicted molar refractivity (Wildman–Crippen MR) is 132 cm³/mol. The Labute approximate surface area is 199 Å². The molecule has 3 aromatic rings. The molecule has 3 aromatic carbocycles. The second-order valence-corrected chi connectivity index (χ2v) is 8.01. The van der Waals surface area contributed by atoms with Crippen LogP contribution in [0.1, 0.15) is 23.6 Å². The zero-order valence-corrected chi connectivity index (χ0v) is 19.4. The lowest BCUT2D eigenvalue weighted by Gasteiger charge is -2.17. The number of ether oxygens (including phenoxy) is 2. The molecule has 1 aliphatic rings. The Hall–Kier alpha value is -4.12. The number of carbonyl (C=O) groups excluding carboxylic acids is 2. The summed E-state index contributed by atoms with van der Waals surface area (Å²) >= 11 is 0. The van der Waals surface area contributed by atoms with Gasteiger partial charge < -0.3 is 14.4 Å². The molecule has 0 bridgehead atoms. The number of amides is 1. The van der Waals surface area contributed by atoms with Crippen molar-refractivity contribution in [3.63, 3.8) is 0 Å². The van der Waals surface area contributed by atoms with E-state index in [2.05, 4.69) is 0 Å². The molecule has 1 aliphatic heterocycles. The van der Waals surface area contributed by atoms with Crippen LogP contribution in [0.25, 0.3) is 6.08 Å². The first-order valence-corrected chi connectivity index (χ1v) is 11.2. The molecule has 172 valence electrons. The van der Waals surface area contributed by atoms with E-state index < -0.39 is 5.97 Å². The monoisotopic (exact) mass is 453 g/mol. The predicted octanol–water partition coefficient (Wildman–Crippen LogP) is 5.18. The molecule has 1 amide bonds. The van der Waals surface area contributed by atoms with Crippen LogP contribution in [0.15, 0.2) is 102 Å². The van der Waals surface area contributed by atoms with E-state index in [9.17, 15) is 9.59 Å². The van der Waals surface area contributed by atoms with Crippen molar-refractivity contribution in [2.75, 3.05) is 13.7 Å². The second kappa shape index (κ2) is 10.7. The van der Waals surface area contributed by atoms with E-state index >= 15 is 0 Å². The third-order valence-corrected chi connectivity index (χ3v) is 5.82. The number of hydrogen-bond donors (Lipinski definition) is 0. The Bertz CT molecular complexity index is 1230. The zero-order valence-electron chi connectivity index (χ0n) is 19.4. The molecule has 0 fully saturated rings. The Balaban J connectivity index is 1.62. The quantitative estimate of drug-likeness (QED) is 0.348. The summed E-state index contributed by atoms with van der Waals surface area (Å²) in [4.78, 5) is 27.7. The van der Waals surface area contributed by atoms with Crippen molar-refractivity contribution >= 4 is 18.0 Å². The van der Waals surface area contributed by atoms with E-state index in [-0.39, 0.29) is 5.91 Å². The zero-order chi connectivity index (χ0) is 23.9. The largest absolute Gasteiger partial charge is 0.488 e. The SMILES string of the molecule is COC(=O)C1=C(C)N(CCc2ccccc2)C(=O)/C1=C\c1ccccc1OCc1ccccc1. The first kappa shape index (κ1) is 23.1. The second-order valence-electron chi connectivity index (χ2n) is 8.01. The van der Waals surface area contributed by atoms with Gasteiger partial charge >= 0.3 is 5.97 Å². The van der Waals surface area contributed by atoms with Crippen LogP contribution in [0.4, 0.5) is 0 Å². The van der Waals surface area contributed by atoms with E-state index in [0.29, 0.717) is 42.2 Å². The number of benzene rings is 3. The third kappa shape index (κ3) is 5.09. The highest BCUT2D eigenvalue weighted by molar-refractivity contribution is 6.16. The third-order valence-electron chi connectivity index (χ3n) is 5.82. The van der Waals surface area contributed by atoms with E-state index in [4.69, 9.17) is 9.47 Å². The van der Waals surface area contributed by atoms with Crippen LogP contribution in [0.3, 0.4) is 0 Å². The minimum Gasteiger partial charge on any atom is -0.488 e. The Kier molecular flexibility index (Phi) is 7.23. The molecule has 0 N–H and O–H groups in total. The van der Waals surface area contributed by atoms with E-state index in [1.54, 1.807) is 17.9 Å². The molecular weight excluding hydrogens is 426 g/mol. The fourth-order valence-electron chi connectivity index (χ4n) is 4.01. The van der Waals surface area contributed by atoms with Gasteiger partial charge in [-0.15, -0.1) is 0 Å². The lowest BCUT2D eigenvalue weighted by Crippen LogP contribution is -2.27. The van der Waals surface area contributed by atoms with Gasteiger partial charge in [0.15, 0.2) is 0 Å². The summed E-state index contributed by atoms with van der Waals surface area (Å²) in [5.74, 6) is -0.107. The van der Waals surface area contributed by atoms with Gasteiger partial charge in [0.2, 0.25) is 0 Å². The molecule has 0 atom stereocenters. The molecule has 0 aromatic heterocycles. The van der Waals surface area contributed by atoms with Crippen molar-refractivity contribution in [1.82, 2.24) is 4.90 Å². The highest BCUT2D eigenvalue weighted by Crippen LogP contribution is 2.33. The molecule has 0 radical (unpaired) electrons. The average Bonchev–Trinajstić information content (AvgIpc) is 3.11. The molecule has 34 heavy (non-hydrogen) atoms. The molecule has 0 saturated carbocycles. The van der Waals surface area contributed by atoms with Gasteiger partial charge in [0.25, 0.3) is 5.91 Å². The van der Waals surface area contributed by atoms with Crippen LogP contribution in [-0.4, -0.2) is 30.4 Å². The minimum absolute atomic E-state index is 0.216. The van der Waals surface area contributed by atoms with Crippen molar-refractivity contribution in [2.24, 2.45) is 0 Å². The molecule has 4 rings (SSSR count). The number of methoxy groups -OCH3 is 1. The van der Waals surface area contributed by atoms with Gasteiger partial charge in [-0.3, -0.25) is 4.79 Å². The van der Waals surface area contributed by atoms with Crippen molar-refractivity contribution in [2.45, 2.75) is 20.0 Å². The van der Waals surface area contributed by atoms with Gasteiger partial charge in [-0.05, 0) is 36.6 Å². The van der Waals surface area contributed by atoms with Gasteiger partial charge in [-0.2, -0.15) is 0 Å². The van der Waals surface area contributed by atoms with E-state index in [1.165, 1.54) is 7.11 Å². The maximum atomic E-state index is 13.4. The molecular formula is C29H27NO4. The van der Waals surface area contributed by atoms with Crippen LogP contribution in [0.5, 0.6) is 5.75 Å². The maximum Gasteiger partial charge on any atom is 0.340 e. The minimum atomic E-state index is -0.526. The fourth-order valence-corrected chi connectivity index (χ4v) is 4.01. The molecule has 0 spiro atoms. The van der Waals surface area contributed by atoms with Crippen LogP contribution in [-0.2, 0) is 27.4 Å². The summed E-state index contributed by atoms with van der Waals surface area (Å²) in [5.41, 5.74) is 4.09. The summed E-state index contributed by atoms with van der Waals surface area (Å²) in [6, 6.07) is 27.3. The molecule has 5 heteroatoms. The average molecular weight is 454 g/mol. The number of carbonyl (C=O) groups is 2. The number of para-hydroxylation sites is 1. The highest BCUT2D eigenvalue weighted by atomic mass is 16.5. The van der Waals surface area contributed by atoms with Gasteiger partial charge in [-0.25, -0.2) is 4.79 Å². The van der Waals surface area contributed by atoms with Gasteiger partial charge in [-0.1, -0.05) is 78.9 Å². The molecule has 5 nitrogen and oxygen atoms in total. The van der Waals surface area contributed by atoms with Crippen molar-refractivity contribution in [1.29, 1.82) is 0 Å².